The number of rotatable bonds is 6. The van der Waals surface area contributed by atoms with Gasteiger partial charge in [-0.2, -0.15) is 0 Å². The second-order valence-electron chi connectivity index (χ2n) is 9.04. The molecule has 1 saturated heterocycles. The van der Waals surface area contributed by atoms with Gasteiger partial charge in [0.25, 0.3) is 5.91 Å². The average molecular weight is 461 g/mol. The van der Waals surface area contributed by atoms with Crippen molar-refractivity contribution in [2.75, 3.05) is 26.7 Å². The van der Waals surface area contributed by atoms with Gasteiger partial charge in [-0.25, -0.2) is 9.97 Å². The Bertz CT molecular complexity index is 1350. The van der Waals surface area contributed by atoms with E-state index in [2.05, 4.69) is 28.6 Å². The van der Waals surface area contributed by atoms with E-state index in [4.69, 9.17) is 15.5 Å². The van der Waals surface area contributed by atoms with Crippen molar-refractivity contribution in [3.8, 4) is 17.3 Å². The van der Waals surface area contributed by atoms with E-state index in [-0.39, 0.29) is 5.91 Å². The smallest absolute Gasteiger partial charge is 0.254 e. The Balaban J connectivity index is 1.55. The molecule has 1 aliphatic heterocycles. The Kier molecular flexibility index (Phi) is 6.00. The van der Waals surface area contributed by atoms with E-state index in [1.165, 1.54) is 0 Å². The van der Waals surface area contributed by atoms with Gasteiger partial charge >= 0.3 is 0 Å². The molecule has 1 fully saturated rings. The largest absolute Gasteiger partial charge is 0.494 e. The van der Waals surface area contributed by atoms with Crippen LogP contribution in [0.25, 0.3) is 33.6 Å². The van der Waals surface area contributed by atoms with Crippen molar-refractivity contribution in [2.24, 2.45) is 18.7 Å². The number of likely N-dealkylation sites (tertiary alicyclic amines) is 1. The molecular formula is C26H32N6O2. The lowest BCUT2D eigenvalue weighted by Gasteiger charge is -2.32. The number of carbonyl (C=O) groups is 1. The number of amides is 1. The highest BCUT2D eigenvalue weighted by Crippen LogP contribution is 2.34. The molecule has 0 aliphatic carbocycles. The number of nitrogens with two attached hydrogens (primary N) is 1. The van der Waals surface area contributed by atoms with Crippen LogP contribution in [0.1, 0.15) is 36.5 Å². The highest BCUT2D eigenvalue weighted by molar-refractivity contribution is 6.00. The highest BCUT2D eigenvalue weighted by Gasteiger charge is 2.26. The number of hydrogen-bond donors (Lipinski definition) is 1. The quantitative estimate of drug-likeness (QED) is 0.472. The number of piperidine rings is 1. The molecule has 1 amide bonds. The molecule has 4 heterocycles. The van der Waals surface area contributed by atoms with Crippen LogP contribution in [0, 0.1) is 5.92 Å². The number of ether oxygens (including phenoxy) is 1. The maximum atomic E-state index is 13.4. The maximum Gasteiger partial charge on any atom is 0.254 e. The van der Waals surface area contributed by atoms with Gasteiger partial charge < -0.3 is 24.5 Å². The highest BCUT2D eigenvalue weighted by atomic mass is 16.5. The van der Waals surface area contributed by atoms with Crippen LogP contribution in [-0.4, -0.2) is 56.7 Å². The zero-order chi connectivity index (χ0) is 23.8. The first-order chi connectivity index (χ1) is 16.5. The van der Waals surface area contributed by atoms with Crippen molar-refractivity contribution in [3.05, 3.63) is 42.1 Å². The number of benzene rings is 1. The van der Waals surface area contributed by atoms with Crippen LogP contribution in [-0.2, 0) is 13.6 Å². The molecule has 0 atom stereocenters. The average Bonchev–Trinajstić information content (AvgIpc) is 3.40. The van der Waals surface area contributed by atoms with E-state index in [1.807, 2.05) is 40.9 Å². The molecule has 2 N–H and O–H groups in total. The number of fused-ring (bicyclic) bond motifs is 2. The molecule has 0 saturated carbocycles. The first kappa shape index (κ1) is 22.4. The lowest BCUT2D eigenvalue weighted by molar-refractivity contribution is 0.0687. The molecular weight excluding hydrogens is 428 g/mol. The van der Waals surface area contributed by atoms with E-state index in [0.29, 0.717) is 23.8 Å². The van der Waals surface area contributed by atoms with Crippen LogP contribution < -0.4 is 10.5 Å². The lowest BCUT2D eigenvalue weighted by Crippen LogP contribution is -2.38. The fourth-order valence-corrected chi connectivity index (χ4v) is 5.25. The van der Waals surface area contributed by atoms with Crippen molar-refractivity contribution in [2.45, 2.75) is 32.7 Å². The van der Waals surface area contributed by atoms with E-state index in [9.17, 15) is 4.79 Å². The molecule has 3 aromatic heterocycles. The van der Waals surface area contributed by atoms with E-state index in [0.717, 1.165) is 72.5 Å². The van der Waals surface area contributed by atoms with Crippen molar-refractivity contribution in [3.63, 3.8) is 0 Å². The first-order valence-corrected chi connectivity index (χ1v) is 12.0. The summed E-state index contributed by atoms with van der Waals surface area (Å²) in [4.78, 5) is 24.8. The van der Waals surface area contributed by atoms with Gasteiger partial charge in [-0.15, -0.1) is 0 Å². The topological polar surface area (TPSA) is 91.2 Å². The summed E-state index contributed by atoms with van der Waals surface area (Å²) in [6.45, 7) is 5.12. The summed E-state index contributed by atoms with van der Waals surface area (Å²) in [6, 6.07) is 9.87. The number of hydrogen-bond acceptors (Lipinski definition) is 5. The summed E-state index contributed by atoms with van der Waals surface area (Å²) in [6.07, 6.45) is 4.85. The summed E-state index contributed by atoms with van der Waals surface area (Å²) in [7, 11) is 3.63. The second-order valence-corrected chi connectivity index (χ2v) is 9.04. The molecule has 34 heavy (non-hydrogen) atoms. The molecule has 8 nitrogen and oxygen atoms in total. The number of carbonyl (C=O) groups excluding carboxylic acids is 1. The van der Waals surface area contributed by atoms with Gasteiger partial charge in [-0.3, -0.25) is 4.79 Å². The van der Waals surface area contributed by atoms with Gasteiger partial charge in [0.05, 0.1) is 18.3 Å². The van der Waals surface area contributed by atoms with Crippen molar-refractivity contribution in [1.29, 1.82) is 0 Å². The Morgan fingerprint density at radius 1 is 1.24 bits per heavy atom. The predicted octanol–water partition coefficient (Wildman–Crippen LogP) is 3.82. The van der Waals surface area contributed by atoms with Crippen molar-refractivity contribution in [1.82, 2.24) is 24.0 Å². The minimum absolute atomic E-state index is 0.0328. The Labute approximate surface area is 199 Å². The summed E-state index contributed by atoms with van der Waals surface area (Å²) >= 11 is 0. The molecule has 1 aromatic carbocycles. The van der Waals surface area contributed by atoms with Crippen LogP contribution in [0.3, 0.4) is 0 Å². The van der Waals surface area contributed by atoms with Crippen LogP contribution in [0.15, 0.2) is 36.5 Å². The fraction of sp³-hybridized carbons (Fsp3) is 0.423. The Morgan fingerprint density at radius 3 is 2.74 bits per heavy atom. The lowest BCUT2D eigenvalue weighted by atomic mass is 9.93. The number of nitrogens with zero attached hydrogens (tertiary/aromatic N) is 5. The van der Waals surface area contributed by atoms with Crippen molar-refractivity contribution < 1.29 is 9.53 Å². The SMILES string of the molecule is CCn1c(-c2nc3cc(C(=O)N4CCC(CCN)CC4)cc(OC)c3n2C)cc2cccnc21. The van der Waals surface area contributed by atoms with Gasteiger partial charge in [0.2, 0.25) is 0 Å². The minimum atomic E-state index is 0.0328. The number of aromatic nitrogens is 4. The van der Waals surface area contributed by atoms with E-state index >= 15 is 0 Å². The second kappa shape index (κ2) is 9.10. The van der Waals surface area contributed by atoms with Crippen LogP contribution in [0.5, 0.6) is 5.75 Å². The third kappa shape index (κ3) is 3.72. The Hall–Kier alpha value is -3.39. The molecule has 4 aromatic rings. The van der Waals surface area contributed by atoms with Gasteiger partial charge in [0.15, 0.2) is 5.82 Å². The molecule has 0 unspecified atom stereocenters. The number of pyridine rings is 1. The maximum absolute atomic E-state index is 13.4. The molecule has 0 spiro atoms. The molecule has 5 rings (SSSR count). The van der Waals surface area contributed by atoms with E-state index in [1.54, 1.807) is 7.11 Å². The normalized spacial score (nSPS) is 14.9. The van der Waals surface area contributed by atoms with Crippen LogP contribution >= 0.6 is 0 Å². The number of aryl methyl sites for hydroxylation is 2. The summed E-state index contributed by atoms with van der Waals surface area (Å²) < 4.78 is 9.95. The predicted molar refractivity (Wildman–Crippen MR) is 134 cm³/mol. The minimum Gasteiger partial charge on any atom is -0.494 e. The van der Waals surface area contributed by atoms with Crippen molar-refractivity contribution >= 4 is 28.0 Å². The zero-order valence-electron chi connectivity index (χ0n) is 20.1. The fourth-order valence-electron chi connectivity index (χ4n) is 5.25. The third-order valence-electron chi connectivity index (χ3n) is 7.08. The molecule has 0 radical (unpaired) electrons. The van der Waals surface area contributed by atoms with Crippen LogP contribution in [0.4, 0.5) is 0 Å². The monoisotopic (exact) mass is 460 g/mol. The zero-order valence-corrected chi connectivity index (χ0v) is 20.1. The summed E-state index contributed by atoms with van der Waals surface area (Å²) in [5.41, 5.74) is 9.88. The van der Waals surface area contributed by atoms with Crippen LogP contribution in [0.2, 0.25) is 0 Å². The summed E-state index contributed by atoms with van der Waals surface area (Å²) in [5, 5.41) is 1.08. The Morgan fingerprint density at radius 2 is 2.03 bits per heavy atom. The molecule has 8 heteroatoms. The number of imidazole rings is 1. The first-order valence-electron chi connectivity index (χ1n) is 12.0. The third-order valence-corrected chi connectivity index (χ3v) is 7.08. The standard InChI is InChI=1S/C26H32N6O2/c1-4-32-21(15-18-6-5-11-28-24(18)32)25-29-20-14-19(16-22(34-3)23(20)30(25)2)26(33)31-12-8-17(7-10-27)9-13-31/h5-6,11,14-17H,4,7-10,12-13,27H2,1-3H3. The van der Waals surface area contributed by atoms with Gasteiger partial charge in [0.1, 0.15) is 16.9 Å². The summed E-state index contributed by atoms with van der Waals surface area (Å²) in [5.74, 6) is 2.12. The number of methoxy groups -OCH3 is 1. The molecule has 0 bridgehead atoms. The molecule has 178 valence electrons. The molecule has 1 aliphatic rings. The van der Waals surface area contributed by atoms with E-state index < -0.39 is 0 Å². The van der Waals surface area contributed by atoms with Gasteiger partial charge in [-0.05, 0) is 69.0 Å². The van der Waals surface area contributed by atoms with Gasteiger partial charge in [0, 0.05) is 43.8 Å². The van der Waals surface area contributed by atoms with Gasteiger partial charge in [-0.1, -0.05) is 0 Å².